The summed E-state index contributed by atoms with van der Waals surface area (Å²) >= 11 is 1.72. The van der Waals surface area contributed by atoms with Gasteiger partial charge in [0.25, 0.3) is 5.91 Å². The molecule has 1 rings (SSSR count). The summed E-state index contributed by atoms with van der Waals surface area (Å²) in [4.78, 5) is 16.0. The van der Waals surface area contributed by atoms with E-state index in [1.165, 1.54) is 0 Å². The number of nitrogens with one attached hydrogen (secondary N) is 2. The summed E-state index contributed by atoms with van der Waals surface area (Å²) < 4.78 is 0. The van der Waals surface area contributed by atoms with E-state index in [0.29, 0.717) is 0 Å². The Hall–Kier alpha value is -1.04. The minimum Gasteiger partial charge on any atom is -0.346 e. The molecule has 0 aliphatic heterocycles. The molecule has 0 spiro atoms. The minimum absolute atomic E-state index is 0.179. The van der Waals surface area contributed by atoms with Crippen molar-refractivity contribution in [1.29, 1.82) is 0 Å². The lowest BCUT2D eigenvalue weighted by Gasteiger charge is -2.13. The van der Waals surface area contributed by atoms with Crippen LogP contribution in [0.25, 0.3) is 0 Å². The van der Waals surface area contributed by atoms with E-state index in [2.05, 4.69) is 27.4 Å². The zero-order valence-electron chi connectivity index (χ0n) is 10.8. The molecule has 1 heterocycles. The maximum Gasteiger partial charge on any atom is 0.291 e. The van der Waals surface area contributed by atoms with Gasteiger partial charge in [-0.1, -0.05) is 20.8 Å². The molecule has 0 aromatic carbocycles. The van der Waals surface area contributed by atoms with Crippen LogP contribution in [0.2, 0.25) is 0 Å². The van der Waals surface area contributed by atoms with Crippen LogP contribution in [-0.4, -0.2) is 39.1 Å². The molecular weight excluding hydrogens is 236 g/mol. The fourth-order valence-electron chi connectivity index (χ4n) is 1.35. The van der Waals surface area contributed by atoms with Gasteiger partial charge < -0.3 is 5.32 Å². The first-order valence-corrected chi connectivity index (χ1v) is 7.19. The maximum atomic E-state index is 11.9. The largest absolute Gasteiger partial charge is 0.346 e. The third kappa shape index (κ3) is 4.03. The summed E-state index contributed by atoms with van der Waals surface area (Å²) in [6, 6.07) is 0.179. The van der Waals surface area contributed by atoms with E-state index in [1.807, 2.05) is 20.1 Å². The molecule has 5 nitrogen and oxygen atoms in total. The minimum atomic E-state index is -0.200. The van der Waals surface area contributed by atoms with Crippen LogP contribution < -0.4 is 5.32 Å². The Kier molecular flexibility index (Phi) is 5.47. The van der Waals surface area contributed by atoms with Crippen molar-refractivity contribution in [2.75, 3.05) is 12.0 Å². The second-order valence-electron chi connectivity index (χ2n) is 4.23. The number of carbonyl (C=O) groups is 1. The average Bonchev–Trinajstić information content (AvgIpc) is 2.77. The van der Waals surface area contributed by atoms with Crippen LogP contribution in [0, 0.1) is 0 Å². The van der Waals surface area contributed by atoms with Crippen LogP contribution in [0.4, 0.5) is 0 Å². The van der Waals surface area contributed by atoms with E-state index in [9.17, 15) is 4.79 Å². The second kappa shape index (κ2) is 6.64. The first-order chi connectivity index (χ1) is 8.08. The van der Waals surface area contributed by atoms with Gasteiger partial charge >= 0.3 is 0 Å². The van der Waals surface area contributed by atoms with Gasteiger partial charge in [-0.05, 0) is 12.7 Å². The van der Waals surface area contributed by atoms with E-state index >= 15 is 0 Å². The van der Waals surface area contributed by atoms with Crippen LogP contribution >= 0.6 is 11.8 Å². The standard InChI is InChI=1S/C11H20N4OS/c1-5-8(6-17-4)12-11(16)10-13-9(7(2)3)14-15-10/h7-8H,5-6H2,1-4H3,(H,12,16)(H,13,14,15). The fourth-order valence-corrected chi connectivity index (χ4v) is 2.07. The predicted molar refractivity (Wildman–Crippen MR) is 70.4 cm³/mol. The Morgan fingerprint density at radius 1 is 1.53 bits per heavy atom. The predicted octanol–water partition coefficient (Wildman–Crippen LogP) is 1.80. The Morgan fingerprint density at radius 3 is 2.71 bits per heavy atom. The molecule has 0 bridgehead atoms. The van der Waals surface area contributed by atoms with Crippen molar-refractivity contribution in [2.45, 2.75) is 39.2 Å². The van der Waals surface area contributed by atoms with Crippen molar-refractivity contribution in [2.24, 2.45) is 0 Å². The molecule has 0 aliphatic rings. The molecule has 0 radical (unpaired) electrons. The quantitative estimate of drug-likeness (QED) is 0.814. The van der Waals surface area contributed by atoms with Crippen molar-refractivity contribution >= 4 is 17.7 Å². The highest BCUT2D eigenvalue weighted by Gasteiger charge is 2.16. The van der Waals surface area contributed by atoms with Crippen LogP contribution in [0.3, 0.4) is 0 Å². The normalized spacial score (nSPS) is 12.8. The maximum absolute atomic E-state index is 11.9. The van der Waals surface area contributed by atoms with Gasteiger partial charge in [0.05, 0.1) is 0 Å². The lowest BCUT2D eigenvalue weighted by Crippen LogP contribution is -2.36. The highest BCUT2D eigenvalue weighted by atomic mass is 32.2. The molecule has 1 unspecified atom stereocenters. The summed E-state index contributed by atoms with van der Waals surface area (Å²) in [6.07, 6.45) is 2.94. The highest BCUT2D eigenvalue weighted by Crippen LogP contribution is 2.08. The van der Waals surface area contributed by atoms with E-state index in [1.54, 1.807) is 11.8 Å². The fraction of sp³-hybridized carbons (Fsp3) is 0.727. The van der Waals surface area contributed by atoms with Gasteiger partial charge in [-0.3, -0.25) is 9.89 Å². The first-order valence-electron chi connectivity index (χ1n) is 5.80. The number of amides is 1. The Labute approximate surface area is 106 Å². The number of hydrogen-bond acceptors (Lipinski definition) is 4. The number of rotatable bonds is 6. The van der Waals surface area contributed by atoms with E-state index in [4.69, 9.17) is 0 Å². The Morgan fingerprint density at radius 2 is 2.24 bits per heavy atom. The zero-order chi connectivity index (χ0) is 12.8. The smallest absolute Gasteiger partial charge is 0.291 e. The van der Waals surface area contributed by atoms with Crippen LogP contribution in [0.1, 0.15) is 49.6 Å². The summed E-state index contributed by atoms with van der Waals surface area (Å²) in [7, 11) is 0. The molecule has 96 valence electrons. The number of nitrogens with zero attached hydrogens (tertiary/aromatic N) is 2. The molecular formula is C11H20N4OS. The van der Waals surface area contributed by atoms with Crippen molar-refractivity contribution in [3.8, 4) is 0 Å². The van der Waals surface area contributed by atoms with E-state index in [-0.39, 0.29) is 23.7 Å². The van der Waals surface area contributed by atoms with Gasteiger partial charge in [0.15, 0.2) is 0 Å². The lowest BCUT2D eigenvalue weighted by atomic mass is 10.2. The van der Waals surface area contributed by atoms with Gasteiger partial charge in [-0.25, -0.2) is 4.98 Å². The van der Waals surface area contributed by atoms with Crippen LogP contribution in [0.15, 0.2) is 0 Å². The molecule has 2 N–H and O–H groups in total. The topological polar surface area (TPSA) is 70.7 Å². The summed E-state index contributed by atoms with van der Waals surface area (Å²) in [5.41, 5.74) is 0. The molecule has 1 amide bonds. The number of aromatic nitrogens is 3. The molecule has 17 heavy (non-hydrogen) atoms. The molecule has 1 atom stereocenters. The number of thioether (sulfide) groups is 1. The van der Waals surface area contributed by atoms with Crippen molar-refractivity contribution in [1.82, 2.24) is 20.5 Å². The molecule has 0 fully saturated rings. The van der Waals surface area contributed by atoms with E-state index in [0.717, 1.165) is 18.0 Å². The van der Waals surface area contributed by atoms with Crippen LogP contribution in [0.5, 0.6) is 0 Å². The van der Waals surface area contributed by atoms with Gasteiger partial charge in [-0.15, -0.1) is 5.10 Å². The summed E-state index contributed by atoms with van der Waals surface area (Å²) in [6.45, 7) is 6.06. The molecule has 0 aliphatic carbocycles. The first kappa shape index (κ1) is 14.0. The third-order valence-electron chi connectivity index (χ3n) is 2.45. The Bertz CT molecular complexity index is 364. The SMILES string of the molecule is CCC(CSC)NC(=O)c1n[nH]c(C(C)C)n1. The Balaban J connectivity index is 2.62. The van der Waals surface area contributed by atoms with Crippen molar-refractivity contribution in [3.63, 3.8) is 0 Å². The van der Waals surface area contributed by atoms with Crippen molar-refractivity contribution in [3.05, 3.63) is 11.6 Å². The molecule has 0 saturated heterocycles. The van der Waals surface area contributed by atoms with Crippen molar-refractivity contribution < 1.29 is 4.79 Å². The molecule has 0 saturated carbocycles. The molecule has 6 heteroatoms. The number of aromatic amines is 1. The van der Waals surface area contributed by atoms with Gasteiger partial charge in [0.1, 0.15) is 5.82 Å². The zero-order valence-corrected chi connectivity index (χ0v) is 11.6. The van der Waals surface area contributed by atoms with Gasteiger partial charge in [0.2, 0.25) is 5.82 Å². The molecule has 1 aromatic rings. The summed E-state index contributed by atoms with van der Waals surface area (Å²) in [5, 5.41) is 9.64. The number of H-pyrrole nitrogens is 1. The number of hydrogen-bond donors (Lipinski definition) is 2. The average molecular weight is 256 g/mol. The van der Waals surface area contributed by atoms with Gasteiger partial charge in [-0.2, -0.15) is 11.8 Å². The van der Waals surface area contributed by atoms with Crippen LogP contribution in [-0.2, 0) is 0 Å². The third-order valence-corrected chi connectivity index (χ3v) is 3.18. The highest BCUT2D eigenvalue weighted by molar-refractivity contribution is 7.98. The monoisotopic (exact) mass is 256 g/mol. The van der Waals surface area contributed by atoms with Gasteiger partial charge in [0, 0.05) is 17.7 Å². The van der Waals surface area contributed by atoms with E-state index < -0.39 is 0 Å². The second-order valence-corrected chi connectivity index (χ2v) is 5.14. The summed E-state index contributed by atoms with van der Waals surface area (Å²) in [5.74, 6) is 1.93. The number of carbonyl (C=O) groups excluding carboxylic acids is 1. The lowest BCUT2D eigenvalue weighted by molar-refractivity contribution is 0.0930. The molecule has 1 aromatic heterocycles.